The smallest absolute Gasteiger partial charge is 0.259 e. The number of hydrogen-bond acceptors (Lipinski definition) is 5. The second kappa shape index (κ2) is 6.44. The van der Waals surface area contributed by atoms with E-state index in [2.05, 4.69) is 15.5 Å². The van der Waals surface area contributed by atoms with Gasteiger partial charge in [-0.3, -0.25) is 4.79 Å². The predicted octanol–water partition coefficient (Wildman–Crippen LogP) is 3.86. The molecule has 4 aromatic rings. The quantitative estimate of drug-likeness (QED) is 0.604. The van der Waals surface area contributed by atoms with Crippen molar-refractivity contribution in [3.05, 3.63) is 71.6 Å². The molecule has 0 bridgehead atoms. The Bertz CT molecular complexity index is 1070. The summed E-state index contributed by atoms with van der Waals surface area (Å²) in [6.07, 6.45) is 1.54. The molecule has 0 atom stereocenters. The molecule has 0 spiro atoms. The van der Waals surface area contributed by atoms with Gasteiger partial charge < -0.3 is 14.3 Å². The molecule has 7 heteroatoms. The normalized spacial score (nSPS) is 11.0. The highest BCUT2D eigenvalue weighted by Crippen LogP contribution is 2.27. The first-order valence-electron chi connectivity index (χ1n) is 7.95. The zero-order valence-electron chi connectivity index (χ0n) is 13.8. The summed E-state index contributed by atoms with van der Waals surface area (Å²) in [5.74, 6) is -0.00494. The Morgan fingerprint density at radius 2 is 2.04 bits per heavy atom. The third-order valence-electron chi connectivity index (χ3n) is 4.00. The molecule has 0 aliphatic rings. The van der Waals surface area contributed by atoms with Crippen molar-refractivity contribution in [1.29, 1.82) is 0 Å². The highest BCUT2D eigenvalue weighted by atomic mass is 19.1. The average Bonchev–Trinajstić information content (AvgIpc) is 3.30. The molecule has 3 heterocycles. The Labute approximate surface area is 147 Å². The molecular weight excluding hydrogens is 337 g/mol. The van der Waals surface area contributed by atoms with Crippen molar-refractivity contribution in [2.45, 2.75) is 13.5 Å². The number of pyridine rings is 1. The van der Waals surface area contributed by atoms with Crippen LogP contribution in [-0.2, 0) is 6.54 Å². The molecule has 0 fully saturated rings. The standard InChI is InChI=1S/C19H14FN3O3/c1-11-17-15(18(24)21-10-14-3-2-8-25-14)9-16(22-19(17)26-23-11)12-4-6-13(20)7-5-12/h2-9H,10H2,1H3,(H,21,24). The number of nitrogens with one attached hydrogen (secondary N) is 1. The molecule has 1 amide bonds. The number of amides is 1. The summed E-state index contributed by atoms with van der Waals surface area (Å²) < 4.78 is 23.6. The molecule has 0 aliphatic heterocycles. The van der Waals surface area contributed by atoms with Crippen molar-refractivity contribution in [2.75, 3.05) is 0 Å². The number of fused-ring (bicyclic) bond motifs is 1. The van der Waals surface area contributed by atoms with Crippen LogP contribution in [0, 0.1) is 12.7 Å². The summed E-state index contributed by atoms with van der Waals surface area (Å²) in [5.41, 5.74) is 2.38. The number of carbonyl (C=O) groups excluding carboxylic acids is 1. The lowest BCUT2D eigenvalue weighted by molar-refractivity contribution is 0.0949. The van der Waals surface area contributed by atoms with E-state index < -0.39 is 0 Å². The minimum Gasteiger partial charge on any atom is -0.467 e. The maximum Gasteiger partial charge on any atom is 0.259 e. The lowest BCUT2D eigenvalue weighted by Crippen LogP contribution is -2.23. The zero-order chi connectivity index (χ0) is 18.1. The summed E-state index contributed by atoms with van der Waals surface area (Å²) in [7, 11) is 0. The van der Waals surface area contributed by atoms with Crippen LogP contribution in [0.1, 0.15) is 21.8 Å². The number of carbonyl (C=O) groups is 1. The van der Waals surface area contributed by atoms with Crippen LogP contribution in [0.15, 0.2) is 57.7 Å². The van der Waals surface area contributed by atoms with E-state index in [0.717, 1.165) is 0 Å². The molecule has 0 saturated carbocycles. The highest BCUT2D eigenvalue weighted by molar-refractivity contribution is 6.06. The maximum atomic E-state index is 13.2. The van der Waals surface area contributed by atoms with Crippen LogP contribution in [0.4, 0.5) is 4.39 Å². The summed E-state index contributed by atoms with van der Waals surface area (Å²) in [6.45, 7) is 2.00. The Kier molecular flexibility index (Phi) is 3.96. The van der Waals surface area contributed by atoms with Gasteiger partial charge in [0.25, 0.3) is 11.6 Å². The first kappa shape index (κ1) is 16.0. The van der Waals surface area contributed by atoms with Gasteiger partial charge in [-0.2, -0.15) is 0 Å². The summed E-state index contributed by atoms with van der Waals surface area (Å²) in [6, 6.07) is 11.0. The van der Waals surface area contributed by atoms with Crippen molar-refractivity contribution in [1.82, 2.24) is 15.5 Å². The largest absolute Gasteiger partial charge is 0.467 e. The lowest BCUT2D eigenvalue weighted by Gasteiger charge is -2.07. The van der Waals surface area contributed by atoms with E-state index in [4.69, 9.17) is 8.94 Å². The maximum absolute atomic E-state index is 13.2. The van der Waals surface area contributed by atoms with E-state index in [0.29, 0.717) is 33.7 Å². The van der Waals surface area contributed by atoms with Gasteiger partial charge in [-0.25, -0.2) is 9.37 Å². The van der Waals surface area contributed by atoms with Gasteiger partial charge in [-0.1, -0.05) is 5.16 Å². The molecule has 1 aromatic carbocycles. The molecule has 0 aliphatic carbocycles. The number of halogens is 1. The van der Waals surface area contributed by atoms with E-state index in [1.807, 2.05) is 0 Å². The van der Waals surface area contributed by atoms with Gasteiger partial charge >= 0.3 is 0 Å². The fourth-order valence-electron chi connectivity index (χ4n) is 2.72. The van der Waals surface area contributed by atoms with Crippen LogP contribution in [0.5, 0.6) is 0 Å². The monoisotopic (exact) mass is 351 g/mol. The van der Waals surface area contributed by atoms with Crippen LogP contribution in [0.25, 0.3) is 22.4 Å². The lowest BCUT2D eigenvalue weighted by atomic mass is 10.1. The molecule has 3 aromatic heterocycles. The molecular formula is C19H14FN3O3. The van der Waals surface area contributed by atoms with E-state index in [1.165, 1.54) is 12.1 Å². The van der Waals surface area contributed by atoms with Crippen LogP contribution in [0.3, 0.4) is 0 Å². The first-order valence-corrected chi connectivity index (χ1v) is 7.95. The summed E-state index contributed by atoms with van der Waals surface area (Å²) in [5, 5.41) is 7.26. The Hall–Kier alpha value is -3.48. The van der Waals surface area contributed by atoms with Crippen molar-refractivity contribution in [3.8, 4) is 11.3 Å². The number of hydrogen-bond donors (Lipinski definition) is 1. The average molecular weight is 351 g/mol. The number of furan rings is 1. The first-order chi connectivity index (χ1) is 12.6. The van der Waals surface area contributed by atoms with E-state index in [9.17, 15) is 9.18 Å². The molecule has 1 N–H and O–H groups in total. The molecule has 4 rings (SSSR count). The number of benzene rings is 1. The van der Waals surface area contributed by atoms with Gasteiger partial charge in [0, 0.05) is 5.56 Å². The van der Waals surface area contributed by atoms with Crippen molar-refractivity contribution in [3.63, 3.8) is 0 Å². The van der Waals surface area contributed by atoms with Crippen LogP contribution < -0.4 is 5.32 Å². The zero-order valence-corrected chi connectivity index (χ0v) is 13.8. The van der Waals surface area contributed by atoms with Crippen molar-refractivity contribution in [2.24, 2.45) is 0 Å². The van der Waals surface area contributed by atoms with Gasteiger partial charge in [-0.05, 0) is 49.4 Å². The van der Waals surface area contributed by atoms with Crippen molar-refractivity contribution >= 4 is 17.0 Å². The SMILES string of the molecule is Cc1noc2nc(-c3ccc(F)cc3)cc(C(=O)NCc3ccco3)c12. The number of aryl methyl sites for hydroxylation is 1. The third-order valence-corrected chi connectivity index (χ3v) is 4.00. The van der Waals surface area contributed by atoms with E-state index in [-0.39, 0.29) is 24.0 Å². The minimum atomic E-state index is -0.346. The number of nitrogens with zero attached hydrogens (tertiary/aromatic N) is 2. The molecule has 130 valence electrons. The van der Waals surface area contributed by atoms with Gasteiger partial charge in [0.15, 0.2) is 0 Å². The van der Waals surface area contributed by atoms with Crippen LogP contribution >= 0.6 is 0 Å². The summed E-state index contributed by atoms with van der Waals surface area (Å²) >= 11 is 0. The Morgan fingerprint density at radius 1 is 1.23 bits per heavy atom. The van der Waals surface area contributed by atoms with Crippen molar-refractivity contribution < 1.29 is 18.1 Å². The predicted molar refractivity (Wildman–Crippen MR) is 91.8 cm³/mol. The van der Waals surface area contributed by atoms with Gasteiger partial charge in [0.05, 0.1) is 35.1 Å². The minimum absolute atomic E-state index is 0.256. The Balaban J connectivity index is 1.75. The highest BCUT2D eigenvalue weighted by Gasteiger charge is 2.19. The van der Waals surface area contributed by atoms with Gasteiger partial charge in [-0.15, -0.1) is 0 Å². The summed E-state index contributed by atoms with van der Waals surface area (Å²) in [4.78, 5) is 17.1. The van der Waals surface area contributed by atoms with Crippen LogP contribution in [0.2, 0.25) is 0 Å². The molecule has 0 unspecified atom stereocenters. The molecule has 6 nitrogen and oxygen atoms in total. The molecule has 0 radical (unpaired) electrons. The fourth-order valence-corrected chi connectivity index (χ4v) is 2.72. The number of aromatic nitrogens is 2. The topological polar surface area (TPSA) is 81.2 Å². The second-order valence-corrected chi connectivity index (χ2v) is 5.77. The number of rotatable bonds is 4. The fraction of sp³-hybridized carbons (Fsp3) is 0.105. The van der Waals surface area contributed by atoms with E-state index >= 15 is 0 Å². The van der Waals surface area contributed by atoms with E-state index in [1.54, 1.807) is 43.5 Å². The van der Waals surface area contributed by atoms with Gasteiger partial charge in [0.2, 0.25) is 0 Å². The van der Waals surface area contributed by atoms with Crippen LogP contribution in [-0.4, -0.2) is 16.0 Å². The molecule has 26 heavy (non-hydrogen) atoms. The van der Waals surface area contributed by atoms with Gasteiger partial charge in [0.1, 0.15) is 11.6 Å². The third kappa shape index (κ3) is 2.95. The molecule has 0 saturated heterocycles. The Morgan fingerprint density at radius 3 is 2.77 bits per heavy atom. The second-order valence-electron chi connectivity index (χ2n) is 5.77.